The van der Waals surface area contributed by atoms with Gasteiger partial charge in [-0.15, -0.1) is 0 Å². The molecule has 1 fully saturated rings. The predicted molar refractivity (Wildman–Crippen MR) is 45.7 cm³/mol. The SMILES string of the molecule is O=C1CCC[C@]12CC=C[C@H](O)C2. The normalized spacial score (nSPS) is 41.1. The Kier molecular flexibility index (Phi) is 1.80. The molecule has 0 aliphatic heterocycles. The Labute approximate surface area is 72.3 Å². The van der Waals surface area contributed by atoms with Gasteiger partial charge in [-0.2, -0.15) is 0 Å². The minimum absolute atomic E-state index is 0.172. The molecule has 0 heterocycles. The van der Waals surface area contributed by atoms with Crippen LogP contribution in [0.3, 0.4) is 0 Å². The number of aliphatic hydroxyl groups is 1. The molecule has 0 aromatic heterocycles. The number of carbonyl (C=O) groups excluding carboxylic acids is 1. The van der Waals surface area contributed by atoms with Crippen LogP contribution >= 0.6 is 0 Å². The summed E-state index contributed by atoms with van der Waals surface area (Å²) in [5.41, 5.74) is -0.172. The molecule has 0 aromatic carbocycles. The fraction of sp³-hybridized carbons (Fsp3) is 0.700. The van der Waals surface area contributed by atoms with Crippen LogP contribution in [0.4, 0.5) is 0 Å². The van der Waals surface area contributed by atoms with Gasteiger partial charge >= 0.3 is 0 Å². The molecule has 12 heavy (non-hydrogen) atoms. The average Bonchev–Trinajstić information content (AvgIpc) is 2.33. The molecule has 2 aliphatic carbocycles. The van der Waals surface area contributed by atoms with E-state index in [9.17, 15) is 9.90 Å². The highest BCUT2D eigenvalue weighted by molar-refractivity contribution is 5.87. The van der Waals surface area contributed by atoms with Gasteiger partial charge in [0.05, 0.1) is 6.10 Å². The first kappa shape index (κ1) is 7.99. The van der Waals surface area contributed by atoms with Gasteiger partial charge in [0.2, 0.25) is 0 Å². The first-order chi connectivity index (χ1) is 5.73. The number of carbonyl (C=O) groups is 1. The minimum atomic E-state index is -0.388. The van der Waals surface area contributed by atoms with Crippen LogP contribution < -0.4 is 0 Å². The number of hydrogen-bond donors (Lipinski definition) is 1. The van der Waals surface area contributed by atoms with Crippen LogP contribution in [0.2, 0.25) is 0 Å². The summed E-state index contributed by atoms with van der Waals surface area (Å²) < 4.78 is 0. The van der Waals surface area contributed by atoms with Crippen molar-refractivity contribution in [1.29, 1.82) is 0 Å². The first-order valence-corrected chi connectivity index (χ1v) is 4.61. The summed E-state index contributed by atoms with van der Waals surface area (Å²) in [4.78, 5) is 11.6. The quantitative estimate of drug-likeness (QED) is 0.553. The first-order valence-electron chi connectivity index (χ1n) is 4.61. The maximum atomic E-state index is 11.6. The van der Waals surface area contributed by atoms with Crippen LogP contribution in [0.5, 0.6) is 0 Å². The lowest BCUT2D eigenvalue weighted by Crippen LogP contribution is -2.32. The predicted octanol–water partition coefficient (Wildman–Crippen LogP) is 1.44. The molecule has 0 radical (unpaired) electrons. The van der Waals surface area contributed by atoms with E-state index >= 15 is 0 Å². The molecule has 0 unspecified atom stereocenters. The second-order valence-electron chi connectivity index (χ2n) is 3.96. The van der Waals surface area contributed by atoms with Gasteiger partial charge in [0.15, 0.2) is 0 Å². The molecule has 2 rings (SSSR count). The molecule has 2 atom stereocenters. The van der Waals surface area contributed by atoms with Crippen molar-refractivity contribution in [2.45, 2.75) is 38.2 Å². The Morgan fingerprint density at radius 1 is 1.58 bits per heavy atom. The van der Waals surface area contributed by atoms with E-state index in [1.165, 1.54) is 0 Å². The second kappa shape index (κ2) is 2.70. The van der Waals surface area contributed by atoms with E-state index in [0.717, 1.165) is 25.7 Å². The highest BCUT2D eigenvalue weighted by atomic mass is 16.3. The van der Waals surface area contributed by atoms with Gasteiger partial charge in [0.25, 0.3) is 0 Å². The van der Waals surface area contributed by atoms with E-state index in [-0.39, 0.29) is 11.5 Å². The molecular formula is C10H14O2. The molecular weight excluding hydrogens is 152 g/mol. The van der Waals surface area contributed by atoms with Gasteiger partial charge in [-0.1, -0.05) is 12.2 Å². The molecule has 0 saturated heterocycles. The smallest absolute Gasteiger partial charge is 0.139 e. The Bertz CT molecular complexity index is 232. The van der Waals surface area contributed by atoms with Crippen LogP contribution in [0.1, 0.15) is 32.1 Å². The standard InChI is InChI=1S/C10H14O2/c11-8-3-1-5-10(7-8)6-2-4-9(10)12/h1,3,8,11H,2,4-7H2/t8-,10-/m0/s1. The molecule has 2 heteroatoms. The number of allylic oxidation sites excluding steroid dienone is 1. The molecule has 1 saturated carbocycles. The van der Waals surface area contributed by atoms with E-state index in [2.05, 4.69) is 0 Å². The molecule has 0 amide bonds. The van der Waals surface area contributed by atoms with E-state index < -0.39 is 0 Å². The zero-order valence-corrected chi connectivity index (χ0v) is 7.12. The molecule has 1 N–H and O–H groups in total. The summed E-state index contributed by atoms with van der Waals surface area (Å²) in [6.45, 7) is 0. The largest absolute Gasteiger partial charge is 0.389 e. The van der Waals surface area contributed by atoms with Crippen molar-refractivity contribution in [3.05, 3.63) is 12.2 Å². The lowest BCUT2D eigenvalue weighted by Gasteiger charge is -2.30. The summed E-state index contributed by atoms with van der Waals surface area (Å²) in [6, 6.07) is 0. The lowest BCUT2D eigenvalue weighted by atomic mass is 9.74. The van der Waals surface area contributed by atoms with Gasteiger partial charge in [0.1, 0.15) is 5.78 Å². The van der Waals surface area contributed by atoms with Gasteiger partial charge < -0.3 is 5.11 Å². The van der Waals surface area contributed by atoms with Crippen LogP contribution in [0.15, 0.2) is 12.2 Å². The second-order valence-corrected chi connectivity index (χ2v) is 3.96. The van der Waals surface area contributed by atoms with Crippen LogP contribution in [0, 0.1) is 5.41 Å². The van der Waals surface area contributed by atoms with Crippen LogP contribution in [-0.4, -0.2) is 17.0 Å². The highest BCUT2D eigenvalue weighted by Gasteiger charge is 2.43. The summed E-state index contributed by atoms with van der Waals surface area (Å²) in [5, 5.41) is 9.41. The third kappa shape index (κ3) is 1.11. The molecule has 0 bridgehead atoms. The van der Waals surface area contributed by atoms with Crippen molar-refractivity contribution >= 4 is 5.78 Å². The minimum Gasteiger partial charge on any atom is -0.389 e. The molecule has 2 nitrogen and oxygen atoms in total. The number of Topliss-reactive ketones (excluding diaryl/α,β-unsaturated/α-hetero) is 1. The number of aliphatic hydroxyl groups excluding tert-OH is 1. The third-order valence-corrected chi connectivity index (χ3v) is 3.12. The van der Waals surface area contributed by atoms with E-state index in [1.807, 2.05) is 6.08 Å². The van der Waals surface area contributed by atoms with Crippen molar-refractivity contribution in [1.82, 2.24) is 0 Å². The summed E-state index contributed by atoms with van der Waals surface area (Å²) in [7, 11) is 0. The van der Waals surface area contributed by atoms with Crippen molar-refractivity contribution in [3.63, 3.8) is 0 Å². The van der Waals surface area contributed by atoms with Gasteiger partial charge in [0, 0.05) is 11.8 Å². The average molecular weight is 166 g/mol. The highest BCUT2D eigenvalue weighted by Crippen LogP contribution is 2.44. The topological polar surface area (TPSA) is 37.3 Å². The number of ketones is 1. The maximum Gasteiger partial charge on any atom is 0.139 e. The van der Waals surface area contributed by atoms with Crippen LogP contribution in [0.25, 0.3) is 0 Å². The van der Waals surface area contributed by atoms with Gasteiger partial charge in [-0.3, -0.25) is 4.79 Å². The maximum absolute atomic E-state index is 11.6. The zero-order chi connectivity index (χ0) is 8.60. The molecule has 2 aliphatic rings. The Morgan fingerprint density at radius 3 is 3.00 bits per heavy atom. The monoisotopic (exact) mass is 166 g/mol. The summed E-state index contributed by atoms with van der Waals surface area (Å²) in [6.07, 6.45) is 7.59. The van der Waals surface area contributed by atoms with E-state index in [1.54, 1.807) is 6.08 Å². The molecule has 0 aromatic rings. The Balaban J connectivity index is 2.21. The number of rotatable bonds is 0. The zero-order valence-electron chi connectivity index (χ0n) is 7.12. The van der Waals surface area contributed by atoms with Crippen molar-refractivity contribution in [2.24, 2.45) is 5.41 Å². The summed E-state index contributed by atoms with van der Waals surface area (Å²) >= 11 is 0. The molecule has 1 spiro atoms. The van der Waals surface area contributed by atoms with E-state index in [4.69, 9.17) is 0 Å². The van der Waals surface area contributed by atoms with Gasteiger partial charge in [-0.05, 0) is 25.7 Å². The fourth-order valence-electron chi connectivity index (χ4n) is 2.43. The van der Waals surface area contributed by atoms with E-state index in [0.29, 0.717) is 12.2 Å². The van der Waals surface area contributed by atoms with Crippen molar-refractivity contribution in [3.8, 4) is 0 Å². The Hall–Kier alpha value is -0.630. The Morgan fingerprint density at radius 2 is 2.42 bits per heavy atom. The van der Waals surface area contributed by atoms with Crippen LogP contribution in [-0.2, 0) is 4.79 Å². The fourth-order valence-corrected chi connectivity index (χ4v) is 2.43. The third-order valence-electron chi connectivity index (χ3n) is 3.12. The summed E-state index contributed by atoms with van der Waals surface area (Å²) in [5.74, 6) is 0.367. The lowest BCUT2D eigenvalue weighted by molar-refractivity contribution is -0.127. The van der Waals surface area contributed by atoms with Crippen molar-refractivity contribution in [2.75, 3.05) is 0 Å². The van der Waals surface area contributed by atoms with Gasteiger partial charge in [-0.25, -0.2) is 0 Å². The molecule has 66 valence electrons. The van der Waals surface area contributed by atoms with Crippen molar-refractivity contribution < 1.29 is 9.90 Å². The number of hydrogen-bond acceptors (Lipinski definition) is 2.